The predicted octanol–water partition coefficient (Wildman–Crippen LogP) is -0.173. The van der Waals surface area contributed by atoms with Gasteiger partial charge in [0.25, 0.3) is 5.54 Å². The summed E-state index contributed by atoms with van der Waals surface area (Å²) in [5.74, 6) is -0.143. The first-order valence-corrected chi connectivity index (χ1v) is 4.09. The molecule has 1 saturated carbocycles. The van der Waals surface area contributed by atoms with E-state index in [-0.39, 0.29) is 27.1 Å². The zero-order valence-electron chi connectivity index (χ0n) is 6.91. The van der Waals surface area contributed by atoms with Gasteiger partial charge >= 0.3 is 5.69 Å². The van der Waals surface area contributed by atoms with Crippen molar-refractivity contribution in [1.82, 2.24) is 5.16 Å². The van der Waals surface area contributed by atoms with Crippen molar-refractivity contribution >= 4 is 6.08 Å². The second-order valence-corrected chi connectivity index (χ2v) is 3.51. The topological polar surface area (TPSA) is 96.1 Å². The van der Waals surface area contributed by atoms with Crippen molar-refractivity contribution in [3.63, 3.8) is 0 Å². The van der Waals surface area contributed by atoms with E-state index in [1.54, 1.807) is 6.08 Å². The molecule has 2 aliphatic rings. The standard InChI is InChI=1S/C7H5N3O4/c11-9-5-2-1-4-3-7(4,10(12)13)6(5)8-14-9/h1-2,4H,3H2. The maximum absolute atomic E-state index is 11.0. The van der Waals surface area contributed by atoms with Crippen LogP contribution in [0.25, 0.3) is 6.08 Å². The highest BCUT2D eigenvalue weighted by Crippen LogP contribution is 2.57. The molecule has 0 N–H and O–H groups in total. The summed E-state index contributed by atoms with van der Waals surface area (Å²) in [6.07, 6.45) is 3.59. The SMILES string of the molecule is O=[N+]([O-])C12CC1C=Cc1c2no[n+]1[O-]. The first-order valence-electron chi connectivity index (χ1n) is 4.09. The highest BCUT2D eigenvalue weighted by atomic mass is 16.8. The summed E-state index contributed by atoms with van der Waals surface area (Å²) >= 11 is 0. The summed E-state index contributed by atoms with van der Waals surface area (Å²) in [7, 11) is 0. The molecule has 0 bridgehead atoms. The number of aromatic nitrogens is 2. The van der Waals surface area contributed by atoms with Gasteiger partial charge < -0.3 is 5.21 Å². The lowest BCUT2D eigenvalue weighted by Gasteiger charge is -2.04. The van der Waals surface area contributed by atoms with E-state index >= 15 is 0 Å². The average molecular weight is 195 g/mol. The Morgan fingerprint density at radius 1 is 1.79 bits per heavy atom. The minimum absolute atomic E-state index is 0.143. The van der Waals surface area contributed by atoms with Crippen molar-refractivity contribution in [3.05, 3.63) is 32.8 Å². The molecule has 1 aromatic heterocycles. The maximum atomic E-state index is 11.0. The van der Waals surface area contributed by atoms with Crippen LogP contribution in [0.4, 0.5) is 0 Å². The lowest BCUT2D eigenvalue weighted by molar-refractivity contribution is -0.803. The summed E-state index contributed by atoms with van der Waals surface area (Å²) < 4.78 is 4.35. The molecule has 1 fully saturated rings. The van der Waals surface area contributed by atoms with Crippen molar-refractivity contribution in [1.29, 1.82) is 0 Å². The number of hydrogen-bond acceptors (Lipinski definition) is 5. The van der Waals surface area contributed by atoms with Gasteiger partial charge in [-0.3, -0.25) is 14.7 Å². The Hall–Kier alpha value is -1.92. The molecule has 0 radical (unpaired) electrons. The lowest BCUT2D eigenvalue weighted by atomic mass is 10.0. The van der Waals surface area contributed by atoms with Crippen LogP contribution in [0.3, 0.4) is 0 Å². The van der Waals surface area contributed by atoms with Crippen molar-refractivity contribution in [2.24, 2.45) is 5.92 Å². The van der Waals surface area contributed by atoms with Gasteiger partial charge in [-0.2, -0.15) is 0 Å². The van der Waals surface area contributed by atoms with Crippen molar-refractivity contribution < 1.29 is 14.5 Å². The van der Waals surface area contributed by atoms with E-state index in [0.29, 0.717) is 6.42 Å². The summed E-state index contributed by atoms with van der Waals surface area (Å²) in [6.45, 7) is 0. The zero-order chi connectivity index (χ0) is 9.92. The lowest BCUT2D eigenvalue weighted by Crippen LogP contribution is -2.31. The van der Waals surface area contributed by atoms with Gasteiger partial charge in [-0.15, -0.1) is 0 Å². The molecule has 1 heterocycles. The summed E-state index contributed by atoms with van der Waals surface area (Å²) in [5, 5.41) is 25.3. The monoisotopic (exact) mass is 195 g/mol. The van der Waals surface area contributed by atoms with Crippen LogP contribution in [0.1, 0.15) is 17.8 Å². The molecule has 0 aromatic carbocycles. The number of nitrogens with zero attached hydrogens (tertiary/aromatic N) is 3. The van der Waals surface area contributed by atoms with E-state index in [0.717, 1.165) is 0 Å². The van der Waals surface area contributed by atoms with E-state index < -0.39 is 5.54 Å². The Morgan fingerprint density at radius 2 is 2.57 bits per heavy atom. The Kier molecular flexibility index (Phi) is 1.04. The van der Waals surface area contributed by atoms with E-state index in [1.165, 1.54) is 6.08 Å². The fourth-order valence-electron chi connectivity index (χ4n) is 1.98. The minimum Gasteiger partial charge on any atom is -0.359 e. The van der Waals surface area contributed by atoms with E-state index in [2.05, 4.69) is 9.79 Å². The third-order valence-corrected chi connectivity index (χ3v) is 2.85. The predicted molar refractivity (Wildman–Crippen MR) is 41.3 cm³/mol. The zero-order valence-corrected chi connectivity index (χ0v) is 6.91. The molecule has 0 saturated heterocycles. The van der Waals surface area contributed by atoms with Crippen LogP contribution in [-0.4, -0.2) is 10.1 Å². The van der Waals surface area contributed by atoms with Gasteiger partial charge in [0.1, 0.15) is 0 Å². The van der Waals surface area contributed by atoms with E-state index in [9.17, 15) is 15.3 Å². The van der Waals surface area contributed by atoms with Crippen molar-refractivity contribution in [3.8, 4) is 0 Å². The quantitative estimate of drug-likeness (QED) is 0.352. The third-order valence-electron chi connectivity index (χ3n) is 2.85. The van der Waals surface area contributed by atoms with Crippen LogP contribution >= 0.6 is 0 Å². The normalized spacial score (nSPS) is 32.1. The number of fused-ring (bicyclic) bond motifs is 3. The van der Waals surface area contributed by atoms with Crippen LogP contribution in [0, 0.1) is 21.2 Å². The smallest absolute Gasteiger partial charge is 0.302 e. The van der Waals surface area contributed by atoms with Gasteiger partial charge in [-0.25, -0.2) is 0 Å². The van der Waals surface area contributed by atoms with E-state index in [1.807, 2.05) is 0 Å². The maximum Gasteiger partial charge on any atom is 0.302 e. The van der Waals surface area contributed by atoms with Crippen molar-refractivity contribution in [2.75, 3.05) is 0 Å². The van der Waals surface area contributed by atoms with E-state index in [4.69, 9.17) is 0 Å². The Morgan fingerprint density at radius 3 is 3.29 bits per heavy atom. The Labute approximate surface area is 77.3 Å². The molecule has 2 aliphatic carbocycles. The van der Waals surface area contributed by atoms with Gasteiger partial charge in [-0.05, 0) is 11.0 Å². The molecule has 0 aliphatic heterocycles. The van der Waals surface area contributed by atoms with Gasteiger partial charge in [-0.1, -0.05) is 6.08 Å². The van der Waals surface area contributed by atoms with Gasteiger partial charge in [0.05, 0.1) is 5.92 Å². The number of rotatable bonds is 1. The van der Waals surface area contributed by atoms with Gasteiger partial charge in [0.15, 0.2) is 0 Å². The summed E-state index contributed by atoms with van der Waals surface area (Å²) in [4.78, 5) is 10.7. The Bertz CT molecular complexity index is 466. The largest absolute Gasteiger partial charge is 0.359 e. The first kappa shape index (κ1) is 7.48. The minimum atomic E-state index is -1.19. The van der Waals surface area contributed by atoms with Gasteiger partial charge in [0.2, 0.25) is 5.69 Å². The molecule has 14 heavy (non-hydrogen) atoms. The van der Waals surface area contributed by atoms with Crippen LogP contribution < -0.4 is 4.90 Å². The third kappa shape index (κ3) is 0.604. The summed E-state index contributed by atoms with van der Waals surface area (Å²) in [5.41, 5.74) is -0.885. The number of nitro groups is 1. The van der Waals surface area contributed by atoms with Crippen molar-refractivity contribution in [2.45, 2.75) is 12.0 Å². The fourth-order valence-corrected chi connectivity index (χ4v) is 1.98. The van der Waals surface area contributed by atoms with Gasteiger partial charge in [0, 0.05) is 16.5 Å². The second-order valence-electron chi connectivity index (χ2n) is 3.51. The highest BCUT2D eigenvalue weighted by molar-refractivity contribution is 5.54. The fraction of sp³-hybridized carbons (Fsp3) is 0.429. The second kappa shape index (κ2) is 1.94. The molecule has 7 heteroatoms. The molecule has 72 valence electrons. The number of hydrogen-bond donors (Lipinski definition) is 0. The molecule has 2 atom stereocenters. The molecular weight excluding hydrogens is 190 g/mol. The molecule has 1 aromatic rings. The molecular formula is C7H5N3O4. The highest BCUT2D eigenvalue weighted by Gasteiger charge is 2.73. The molecule has 7 nitrogen and oxygen atoms in total. The molecule has 2 unspecified atom stereocenters. The summed E-state index contributed by atoms with van der Waals surface area (Å²) in [6, 6.07) is 0. The molecule has 0 amide bonds. The molecule has 0 spiro atoms. The van der Waals surface area contributed by atoms with Crippen LogP contribution in [0.5, 0.6) is 0 Å². The first-order chi connectivity index (χ1) is 6.66. The molecule has 3 rings (SSSR count). The average Bonchev–Trinajstić information content (AvgIpc) is 2.80. The van der Waals surface area contributed by atoms with Crippen LogP contribution in [0.15, 0.2) is 10.7 Å². The van der Waals surface area contributed by atoms with Crippen LogP contribution in [0.2, 0.25) is 0 Å². The Balaban J connectivity index is 2.24. The van der Waals surface area contributed by atoms with Crippen LogP contribution in [-0.2, 0) is 5.54 Å².